The molecule has 0 saturated carbocycles. The quantitative estimate of drug-likeness (QED) is 0.889. The zero-order valence-corrected chi connectivity index (χ0v) is 11.5. The van der Waals surface area contributed by atoms with Gasteiger partial charge < -0.3 is 14.7 Å². The molecule has 1 saturated heterocycles. The zero-order valence-electron chi connectivity index (χ0n) is 11.5. The second-order valence-corrected chi connectivity index (χ2v) is 5.41. The monoisotopic (exact) mass is 249 g/mol. The molecule has 100 valence electrons. The molecule has 0 radical (unpaired) electrons. The minimum Gasteiger partial charge on any atom is -0.496 e. The molecule has 0 aromatic heterocycles. The highest BCUT2D eigenvalue weighted by molar-refractivity contribution is 5.38. The molecule has 1 aliphatic heterocycles. The lowest BCUT2D eigenvalue weighted by molar-refractivity contribution is 0.122. The molecule has 1 N–H and O–H groups in total. The average Bonchev–Trinajstić information content (AvgIpc) is 2.74. The van der Waals surface area contributed by atoms with Gasteiger partial charge in [-0.15, -0.1) is 0 Å². The molecule has 0 amide bonds. The Kier molecular flexibility index (Phi) is 4.25. The highest BCUT2D eigenvalue weighted by atomic mass is 16.5. The van der Waals surface area contributed by atoms with Gasteiger partial charge in [0.2, 0.25) is 0 Å². The topological polar surface area (TPSA) is 32.7 Å². The number of nitrogens with zero attached hydrogens (tertiary/aromatic N) is 1. The van der Waals surface area contributed by atoms with Crippen LogP contribution in [0.4, 0.5) is 0 Å². The number of methoxy groups -OCH3 is 1. The normalized spacial score (nSPS) is 22.1. The van der Waals surface area contributed by atoms with Crippen molar-refractivity contribution in [3.63, 3.8) is 0 Å². The first-order chi connectivity index (χ1) is 8.60. The number of benzene rings is 1. The van der Waals surface area contributed by atoms with Gasteiger partial charge in [0.15, 0.2) is 0 Å². The Balaban J connectivity index is 2.08. The van der Waals surface area contributed by atoms with Crippen LogP contribution in [0.5, 0.6) is 5.75 Å². The summed E-state index contributed by atoms with van der Waals surface area (Å²) in [5, 5.41) is 10.4. The van der Waals surface area contributed by atoms with Gasteiger partial charge in [-0.05, 0) is 37.9 Å². The second kappa shape index (κ2) is 5.72. The third-order valence-electron chi connectivity index (χ3n) is 3.68. The minimum atomic E-state index is -0.467. The first-order valence-electron chi connectivity index (χ1n) is 6.65. The number of hydrogen-bond donors (Lipinski definition) is 1. The molecule has 1 aromatic carbocycles. The summed E-state index contributed by atoms with van der Waals surface area (Å²) >= 11 is 0. The molecule has 1 heterocycles. The van der Waals surface area contributed by atoms with Crippen molar-refractivity contribution < 1.29 is 9.84 Å². The van der Waals surface area contributed by atoms with Crippen LogP contribution in [0.2, 0.25) is 0 Å². The van der Waals surface area contributed by atoms with Gasteiger partial charge >= 0.3 is 0 Å². The molecule has 2 atom stereocenters. The Hall–Kier alpha value is -1.06. The maximum absolute atomic E-state index is 10.4. The largest absolute Gasteiger partial charge is 0.496 e. The predicted molar refractivity (Wildman–Crippen MR) is 72.9 cm³/mol. The van der Waals surface area contributed by atoms with E-state index >= 15 is 0 Å². The van der Waals surface area contributed by atoms with E-state index < -0.39 is 6.10 Å². The van der Waals surface area contributed by atoms with E-state index in [1.165, 1.54) is 6.42 Å². The van der Waals surface area contributed by atoms with Crippen LogP contribution in [0.3, 0.4) is 0 Å². The first-order valence-corrected chi connectivity index (χ1v) is 6.65. The SMILES string of the molecule is COc1ccc(C)cc1C(O)CN1CCC(C)C1. The third-order valence-corrected chi connectivity index (χ3v) is 3.68. The number of aryl methyl sites for hydroxylation is 1. The van der Waals surface area contributed by atoms with Gasteiger partial charge in [0.05, 0.1) is 13.2 Å². The number of likely N-dealkylation sites (tertiary alicyclic amines) is 1. The van der Waals surface area contributed by atoms with Crippen LogP contribution in [-0.2, 0) is 0 Å². The van der Waals surface area contributed by atoms with Crippen molar-refractivity contribution in [3.05, 3.63) is 29.3 Å². The fourth-order valence-electron chi connectivity index (χ4n) is 2.65. The van der Waals surface area contributed by atoms with E-state index in [1.807, 2.05) is 25.1 Å². The Morgan fingerprint density at radius 2 is 2.28 bits per heavy atom. The van der Waals surface area contributed by atoms with Crippen molar-refractivity contribution in [2.75, 3.05) is 26.7 Å². The highest BCUT2D eigenvalue weighted by Crippen LogP contribution is 2.28. The first kappa shape index (κ1) is 13.4. The van der Waals surface area contributed by atoms with Crippen LogP contribution in [0, 0.1) is 12.8 Å². The van der Waals surface area contributed by atoms with Gasteiger partial charge in [0, 0.05) is 18.7 Å². The number of aliphatic hydroxyl groups is 1. The summed E-state index contributed by atoms with van der Waals surface area (Å²) in [7, 11) is 1.65. The van der Waals surface area contributed by atoms with Gasteiger partial charge in [-0.3, -0.25) is 0 Å². The number of β-amino-alcohol motifs (C(OH)–C–C–N with tert-alkyl or cyclic N) is 1. The minimum absolute atomic E-state index is 0.467. The molecule has 3 heteroatoms. The van der Waals surface area contributed by atoms with Gasteiger partial charge in [-0.25, -0.2) is 0 Å². The van der Waals surface area contributed by atoms with Gasteiger partial charge in [0.25, 0.3) is 0 Å². The van der Waals surface area contributed by atoms with E-state index in [4.69, 9.17) is 4.74 Å². The standard InChI is InChI=1S/C15H23NO2/c1-11-4-5-15(18-3)13(8-11)14(17)10-16-7-6-12(2)9-16/h4-5,8,12,14,17H,6-7,9-10H2,1-3H3. The molecule has 2 rings (SSSR count). The maximum Gasteiger partial charge on any atom is 0.124 e. The fraction of sp³-hybridized carbons (Fsp3) is 0.600. The molecular weight excluding hydrogens is 226 g/mol. The van der Waals surface area contributed by atoms with Crippen molar-refractivity contribution in [2.45, 2.75) is 26.4 Å². The summed E-state index contributed by atoms with van der Waals surface area (Å²) in [6, 6.07) is 5.95. The number of rotatable bonds is 4. The van der Waals surface area contributed by atoms with Crippen LogP contribution < -0.4 is 4.74 Å². The lowest BCUT2D eigenvalue weighted by atomic mass is 10.0. The molecule has 0 aliphatic carbocycles. The number of aliphatic hydroxyl groups excluding tert-OH is 1. The van der Waals surface area contributed by atoms with Crippen molar-refractivity contribution in [3.8, 4) is 5.75 Å². The molecule has 18 heavy (non-hydrogen) atoms. The molecular formula is C15H23NO2. The summed E-state index contributed by atoms with van der Waals surface area (Å²) < 4.78 is 5.33. The molecule has 0 bridgehead atoms. The molecule has 1 aliphatic rings. The Morgan fingerprint density at radius 3 is 2.89 bits per heavy atom. The summed E-state index contributed by atoms with van der Waals surface area (Å²) in [5.41, 5.74) is 2.05. The molecule has 3 nitrogen and oxygen atoms in total. The smallest absolute Gasteiger partial charge is 0.124 e. The summed E-state index contributed by atoms with van der Waals surface area (Å²) in [5.74, 6) is 1.52. The highest BCUT2D eigenvalue weighted by Gasteiger charge is 2.23. The lowest BCUT2D eigenvalue weighted by Crippen LogP contribution is -2.26. The number of hydrogen-bond acceptors (Lipinski definition) is 3. The summed E-state index contributed by atoms with van der Waals surface area (Å²) in [6.07, 6.45) is 0.766. The summed E-state index contributed by atoms with van der Waals surface area (Å²) in [4.78, 5) is 2.33. The van der Waals surface area contributed by atoms with E-state index in [0.717, 1.165) is 35.9 Å². The Morgan fingerprint density at radius 1 is 1.50 bits per heavy atom. The van der Waals surface area contributed by atoms with Gasteiger partial charge in [-0.2, -0.15) is 0 Å². The van der Waals surface area contributed by atoms with Crippen LogP contribution in [-0.4, -0.2) is 36.8 Å². The van der Waals surface area contributed by atoms with E-state index in [9.17, 15) is 5.11 Å². The van der Waals surface area contributed by atoms with E-state index in [0.29, 0.717) is 6.54 Å². The van der Waals surface area contributed by atoms with E-state index in [2.05, 4.69) is 11.8 Å². The van der Waals surface area contributed by atoms with Crippen LogP contribution in [0.15, 0.2) is 18.2 Å². The Labute approximate surface area is 109 Å². The van der Waals surface area contributed by atoms with Crippen LogP contribution >= 0.6 is 0 Å². The predicted octanol–water partition coefficient (Wildman–Crippen LogP) is 2.38. The fourth-order valence-corrected chi connectivity index (χ4v) is 2.65. The van der Waals surface area contributed by atoms with E-state index in [-0.39, 0.29) is 0 Å². The van der Waals surface area contributed by atoms with Crippen LogP contribution in [0.25, 0.3) is 0 Å². The third kappa shape index (κ3) is 3.03. The molecule has 1 fully saturated rings. The zero-order chi connectivity index (χ0) is 13.1. The molecule has 0 spiro atoms. The molecule has 2 unspecified atom stereocenters. The van der Waals surface area contributed by atoms with Crippen molar-refractivity contribution >= 4 is 0 Å². The maximum atomic E-state index is 10.4. The van der Waals surface area contributed by atoms with Crippen molar-refractivity contribution in [1.82, 2.24) is 4.90 Å². The summed E-state index contributed by atoms with van der Waals surface area (Å²) in [6.45, 7) is 7.18. The second-order valence-electron chi connectivity index (χ2n) is 5.41. The number of ether oxygens (including phenoxy) is 1. The van der Waals surface area contributed by atoms with E-state index in [1.54, 1.807) is 7.11 Å². The van der Waals surface area contributed by atoms with Crippen LogP contribution in [0.1, 0.15) is 30.6 Å². The lowest BCUT2D eigenvalue weighted by Gasteiger charge is -2.21. The molecule has 1 aromatic rings. The Bertz CT molecular complexity index is 405. The van der Waals surface area contributed by atoms with Crippen molar-refractivity contribution in [2.24, 2.45) is 5.92 Å². The van der Waals surface area contributed by atoms with Gasteiger partial charge in [-0.1, -0.05) is 18.6 Å². The van der Waals surface area contributed by atoms with Gasteiger partial charge in [0.1, 0.15) is 5.75 Å². The average molecular weight is 249 g/mol. The van der Waals surface area contributed by atoms with Crippen molar-refractivity contribution in [1.29, 1.82) is 0 Å².